The number of nitrogens with zero attached hydrogens (tertiary/aromatic N) is 5. The van der Waals surface area contributed by atoms with Crippen LogP contribution in [0.2, 0.25) is 0 Å². The van der Waals surface area contributed by atoms with E-state index in [1.165, 1.54) is 24.3 Å². The number of piperazine rings is 1. The van der Waals surface area contributed by atoms with Gasteiger partial charge in [0.25, 0.3) is 0 Å². The number of ketones is 1. The Kier molecular flexibility index (Phi) is 7.92. The number of halogens is 1. The molecule has 2 aromatic heterocycles. The van der Waals surface area contributed by atoms with E-state index in [4.69, 9.17) is 4.98 Å². The topological polar surface area (TPSA) is 127 Å². The van der Waals surface area contributed by atoms with Gasteiger partial charge >= 0.3 is 0 Å². The molecule has 7 rings (SSSR count). The smallest absolute Gasteiger partial charge is 0.231 e. The third-order valence-electron chi connectivity index (χ3n) is 8.90. The third kappa shape index (κ3) is 6.24. The molecule has 3 aliphatic rings. The Labute approximate surface area is 261 Å². The molecule has 4 aromatic rings. The molecular weight excluding hydrogens is 595 g/mol. The molecule has 3 fully saturated rings. The van der Waals surface area contributed by atoms with Gasteiger partial charge in [-0.15, -0.1) is 0 Å². The Hall–Kier alpha value is -4.07. The van der Waals surface area contributed by atoms with E-state index in [-0.39, 0.29) is 17.1 Å². The highest BCUT2D eigenvalue weighted by Crippen LogP contribution is 2.34. The van der Waals surface area contributed by atoms with Crippen molar-refractivity contribution in [3.05, 3.63) is 71.7 Å². The van der Waals surface area contributed by atoms with Crippen molar-refractivity contribution in [1.29, 1.82) is 0 Å². The lowest BCUT2D eigenvalue weighted by molar-refractivity contribution is 0.104. The number of carbonyl (C=O) groups is 1. The summed E-state index contributed by atoms with van der Waals surface area (Å²) in [5, 5.41) is 7.00. The number of carbonyl (C=O) groups excluding carboxylic acids is 1. The van der Waals surface area contributed by atoms with Gasteiger partial charge in [-0.05, 0) is 81.3 Å². The second-order valence-corrected chi connectivity index (χ2v) is 14.4. The number of anilines is 4. The number of hydrogen-bond acceptors (Lipinski definition) is 9. The first-order valence-electron chi connectivity index (χ1n) is 15.5. The standard InChI is InChI=1S/C32H37FN8O3S/c1-39-15-17-40(18-16-39)25-10-8-23(9-11-25)36-32-37-30-28(27(19-34-30)29(42)21-4-6-22(33)7-5-21)31(38-32)35-24-3-2-14-41(20-24)45(43,44)26-12-13-26/h4-11,19,24,26H,2-3,12-18,20H2,1H3,(H3,34,35,36,37,38)/t24-/m1/s1. The van der Waals surface area contributed by atoms with Crippen LogP contribution in [0.4, 0.5) is 27.5 Å². The first kappa shape index (κ1) is 29.6. The van der Waals surface area contributed by atoms with E-state index in [1.54, 1.807) is 10.5 Å². The van der Waals surface area contributed by atoms with Crippen LogP contribution in [-0.2, 0) is 10.0 Å². The largest absolute Gasteiger partial charge is 0.369 e. The highest BCUT2D eigenvalue weighted by Gasteiger charge is 2.41. The van der Waals surface area contributed by atoms with Gasteiger partial charge in [-0.25, -0.2) is 12.8 Å². The van der Waals surface area contributed by atoms with Crippen molar-refractivity contribution in [3.63, 3.8) is 0 Å². The maximum atomic E-state index is 13.6. The third-order valence-corrected chi connectivity index (χ3v) is 11.3. The van der Waals surface area contributed by atoms with E-state index in [1.807, 2.05) is 12.1 Å². The molecule has 0 unspecified atom stereocenters. The van der Waals surface area contributed by atoms with Crippen LogP contribution >= 0.6 is 0 Å². The summed E-state index contributed by atoms with van der Waals surface area (Å²) in [6, 6.07) is 13.4. The number of benzene rings is 2. The normalized spacial score (nSPS) is 20.0. The van der Waals surface area contributed by atoms with Crippen LogP contribution < -0.4 is 15.5 Å². The van der Waals surface area contributed by atoms with Gasteiger partial charge in [-0.3, -0.25) is 4.79 Å². The second kappa shape index (κ2) is 12.0. The van der Waals surface area contributed by atoms with Gasteiger partial charge in [0.2, 0.25) is 16.0 Å². The molecule has 2 aromatic carbocycles. The fourth-order valence-electron chi connectivity index (χ4n) is 6.14. The number of rotatable bonds is 9. The van der Waals surface area contributed by atoms with Crippen LogP contribution in [0, 0.1) is 5.82 Å². The highest BCUT2D eigenvalue weighted by molar-refractivity contribution is 7.90. The number of hydrogen-bond donors (Lipinski definition) is 3. The van der Waals surface area contributed by atoms with Gasteiger partial charge in [-0.1, -0.05) is 0 Å². The number of fused-ring (bicyclic) bond motifs is 1. The Bertz CT molecular complexity index is 1800. The fraction of sp³-hybridized carbons (Fsp3) is 0.406. The van der Waals surface area contributed by atoms with E-state index < -0.39 is 15.8 Å². The minimum absolute atomic E-state index is 0.204. The van der Waals surface area contributed by atoms with Gasteiger partial charge in [0.15, 0.2) is 5.78 Å². The van der Waals surface area contributed by atoms with E-state index in [0.29, 0.717) is 59.9 Å². The molecule has 13 heteroatoms. The van der Waals surface area contributed by atoms with Crippen LogP contribution in [0.15, 0.2) is 54.7 Å². The van der Waals surface area contributed by atoms with Crippen LogP contribution in [0.25, 0.3) is 11.0 Å². The molecule has 2 aliphatic heterocycles. The zero-order valence-corrected chi connectivity index (χ0v) is 26.0. The first-order chi connectivity index (χ1) is 21.7. The maximum Gasteiger partial charge on any atom is 0.231 e. The van der Waals surface area contributed by atoms with Gasteiger partial charge in [0.1, 0.15) is 17.3 Å². The van der Waals surface area contributed by atoms with E-state index >= 15 is 0 Å². The number of aromatic amines is 1. The van der Waals surface area contributed by atoms with Crippen molar-refractivity contribution in [1.82, 2.24) is 24.2 Å². The molecule has 4 heterocycles. The van der Waals surface area contributed by atoms with Crippen LogP contribution in [0.1, 0.15) is 41.6 Å². The number of aromatic nitrogens is 3. The van der Waals surface area contributed by atoms with Crippen molar-refractivity contribution in [2.45, 2.75) is 37.0 Å². The Morgan fingerprint density at radius 3 is 2.40 bits per heavy atom. The Morgan fingerprint density at radius 1 is 0.956 bits per heavy atom. The lowest BCUT2D eigenvalue weighted by atomic mass is 10.0. The van der Waals surface area contributed by atoms with Crippen LogP contribution in [-0.4, -0.2) is 96.0 Å². The van der Waals surface area contributed by atoms with E-state index in [0.717, 1.165) is 50.4 Å². The first-order valence-corrected chi connectivity index (χ1v) is 17.0. The van der Waals surface area contributed by atoms with Crippen molar-refractivity contribution in [2.24, 2.45) is 0 Å². The van der Waals surface area contributed by atoms with Gasteiger partial charge in [-0.2, -0.15) is 14.3 Å². The maximum absolute atomic E-state index is 13.6. The molecule has 2 saturated heterocycles. The molecule has 45 heavy (non-hydrogen) atoms. The minimum Gasteiger partial charge on any atom is -0.369 e. The predicted molar refractivity (Wildman–Crippen MR) is 173 cm³/mol. The number of sulfonamides is 1. The van der Waals surface area contributed by atoms with Crippen LogP contribution in [0.3, 0.4) is 0 Å². The summed E-state index contributed by atoms with van der Waals surface area (Å²) >= 11 is 0. The van der Waals surface area contributed by atoms with Crippen molar-refractivity contribution < 1.29 is 17.6 Å². The van der Waals surface area contributed by atoms with Crippen molar-refractivity contribution in [3.8, 4) is 0 Å². The average Bonchev–Trinajstić information content (AvgIpc) is 3.83. The van der Waals surface area contributed by atoms with E-state index in [2.05, 4.69) is 49.6 Å². The second-order valence-electron chi connectivity index (χ2n) is 12.2. The lowest BCUT2D eigenvalue weighted by Crippen LogP contribution is -2.46. The number of nitrogens with one attached hydrogen (secondary N) is 3. The average molecular weight is 633 g/mol. The molecule has 3 N–H and O–H groups in total. The molecule has 0 radical (unpaired) electrons. The molecule has 0 amide bonds. The van der Waals surface area contributed by atoms with Crippen LogP contribution in [0.5, 0.6) is 0 Å². The summed E-state index contributed by atoms with van der Waals surface area (Å²) < 4.78 is 41.2. The SMILES string of the molecule is CN1CCN(c2ccc(Nc3nc(N[C@@H]4CCCN(S(=O)(=O)C5CC5)C4)c4c(C(=O)c5ccc(F)cc5)c[nH]c4n3)cc2)CC1. The molecule has 236 valence electrons. The summed E-state index contributed by atoms with van der Waals surface area (Å²) in [7, 11) is -1.18. The highest BCUT2D eigenvalue weighted by atomic mass is 32.2. The summed E-state index contributed by atoms with van der Waals surface area (Å²) in [5.74, 6) is 0.0401. The van der Waals surface area contributed by atoms with Crippen molar-refractivity contribution >= 4 is 50.0 Å². The van der Waals surface area contributed by atoms with Gasteiger partial charge < -0.3 is 25.4 Å². The minimum atomic E-state index is -3.32. The molecule has 1 saturated carbocycles. The molecule has 0 bridgehead atoms. The number of H-pyrrole nitrogens is 1. The van der Waals surface area contributed by atoms with Gasteiger partial charge in [0.05, 0.1) is 16.2 Å². The summed E-state index contributed by atoms with van der Waals surface area (Å²) in [6.07, 6.45) is 4.50. The Morgan fingerprint density at radius 2 is 1.69 bits per heavy atom. The predicted octanol–water partition coefficient (Wildman–Crippen LogP) is 4.19. The molecular formula is C32H37FN8O3S. The monoisotopic (exact) mass is 632 g/mol. The van der Waals surface area contributed by atoms with Gasteiger partial charge in [0, 0.05) is 68.4 Å². The molecule has 1 aliphatic carbocycles. The van der Waals surface area contributed by atoms with Crippen molar-refractivity contribution in [2.75, 3.05) is 61.8 Å². The fourth-order valence-corrected chi connectivity index (χ4v) is 8.06. The lowest BCUT2D eigenvalue weighted by Gasteiger charge is -2.34. The quantitative estimate of drug-likeness (QED) is 0.233. The Balaban J connectivity index is 1.19. The number of likely N-dealkylation sites (N-methyl/N-ethyl adjacent to an activating group) is 1. The summed E-state index contributed by atoms with van der Waals surface area (Å²) in [5.41, 5.74) is 3.11. The molecule has 11 nitrogen and oxygen atoms in total. The summed E-state index contributed by atoms with van der Waals surface area (Å²) in [4.78, 5) is 30.9. The summed E-state index contributed by atoms with van der Waals surface area (Å²) in [6.45, 7) is 4.83. The number of piperidine rings is 1. The zero-order valence-electron chi connectivity index (χ0n) is 25.2. The van der Waals surface area contributed by atoms with E-state index in [9.17, 15) is 17.6 Å². The zero-order chi connectivity index (χ0) is 31.1. The molecule has 0 spiro atoms. The molecule has 1 atom stereocenters.